The molecule has 1 aliphatic carbocycles. The van der Waals surface area contributed by atoms with Crippen LogP contribution in [-0.2, 0) is 10.0 Å². The van der Waals surface area contributed by atoms with E-state index in [1.54, 1.807) is 14.1 Å². The molecule has 18 heavy (non-hydrogen) atoms. The van der Waals surface area contributed by atoms with Crippen LogP contribution in [0.5, 0.6) is 0 Å². The van der Waals surface area contributed by atoms with E-state index in [0.29, 0.717) is 18.0 Å². The third-order valence-corrected chi connectivity index (χ3v) is 5.57. The molecule has 1 aliphatic rings. The zero-order valence-electron chi connectivity index (χ0n) is 12.4. The molecule has 2 atom stereocenters. The lowest BCUT2D eigenvalue weighted by atomic mass is 9.70. The van der Waals surface area contributed by atoms with E-state index in [1.807, 2.05) is 0 Å². The first-order valence-corrected chi connectivity index (χ1v) is 8.37. The molecule has 0 radical (unpaired) electrons. The smallest absolute Gasteiger partial charge is 0.214 e. The first kappa shape index (κ1) is 15.9. The lowest BCUT2D eigenvalue weighted by Gasteiger charge is -2.39. The number of hydrogen-bond acceptors (Lipinski definition) is 3. The third kappa shape index (κ3) is 4.86. The lowest BCUT2D eigenvalue weighted by molar-refractivity contribution is 0.153. The average molecular weight is 276 g/mol. The van der Waals surface area contributed by atoms with Crippen LogP contribution in [-0.4, -0.2) is 45.2 Å². The highest BCUT2D eigenvalue weighted by Crippen LogP contribution is 2.38. The molecule has 1 rings (SSSR count). The van der Waals surface area contributed by atoms with E-state index in [9.17, 15) is 8.42 Å². The summed E-state index contributed by atoms with van der Waals surface area (Å²) in [7, 11) is 0.0984. The maximum Gasteiger partial charge on any atom is 0.214 e. The Morgan fingerprint density at radius 3 is 2.39 bits per heavy atom. The number of sulfonamides is 1. The number of hydrogen-bond donors (Lipinski definition) is 1. The van der Waals surface area contributed by atoms with E-state index in [-0.39, 0.29) is 5.75 Å². The second kappa shape index (κ2) is 5.88. The maximum atomic E-state index is 11.6. The van der Waals surface area contributed by atoms with Crippen LogP contribution < -0.4 is 5.32 Å². The second-order valence-corrected chi connectivity index (χ2v) is 8.97. The predicted molar refractivity (Wildman–Crippen MR) is 76.1 cm³/mol. The molecule has 0 heterocycles. The summed E-state index contributed by atoms with van der Waals surface area (Å²) in [5, 5.41) is 3.41. The monoisotopic (exact) mass is 276 g/mol. The first-order chi connectivity index (χ1) is 8.12. The van der Waals surface area contributed by atoms with Crippen molar-refractivity contribution < 1.29 is 8.42 Å². The fraction of sp³-hybridized carbons (Fsp3) is 1.00. The minimum Gasteiger partial charge on any atom is -0.313 e. The van der Waals surface area contributed by atoms with Crippen LogP contribution >= 0.6 is 0 Å². The van der Waals surface area contributed by atoms with E-state index in [4.69, 9.17) is 0 Å². The minimum absolute atomic E-state index is 0.186. The van der Waals surface area contributed by atoms with Gasteiger partial charge in [0.1, 0.15) is 0 Å². The number of rotatable bonds is 5. The van der Waals surface area contributed by atoms with Crippen molar-refractivity contribution in [3.8, 4) is 0 Å². The van der Waals surface area contributed by atoms with Gasteiger partial charge in [-0.1, -0.05) is 20.8 Å². The summed E-state index contributed by atoms with van der Waals surface area (Å²) in [5.41, 5.74) is 0.371. The lowest BCUT2D eigenvalue weighted by Crippen LogP contribution is -2.42. The van der Waals surface area contributed by atoms with Crippen molar-refractivity contribution in [1.82, 2.24) is 9.62 Å². The summed E-state index contributed by atoms with van der Waals surface area (Å²) in [6.45, 7) is 7.43. The van der Waals surface area contributed by atoms with E-state index in [1.165, 1.54) is 10.7 Å². The van der Waals surface area contributed by atoms with Crippen LogP contribution in [0.1, 0.15) is 40.0 Å². The third-order valence-electron chi connectivity index (χ3n) is 3.74. The van der Waals surface area contributed by atoms with Crippen LogP contribution in [0.25, 0.3) is 0 Å². The van der Waals surface area contributed by atoms with Gasteiger partial charge in [0.05, 0.1) is 5.75 Å². The Balaban J connectivity index is 2.40. The maximum absolute atomic E-state index is 11.6. The molecule has 2 unspecified atom stereocenters. The molecular weight excluding hydrogens is 248 g/mol. The van der Waals surface area contributed by atoms with Gasteiger partial charge < -0.3 is 5.32 Å². The Morgan fingerprint density at radius 2 is 1.89 bits per heavy atom. The van der Waals surface area contributed by atoms with E-state index in [2.05, 4.69) is 26.1 Å². The predicted octanol–water partition coefficient (Wildman–Crippen LogP) is 1.68. The van der Waals surface area contributed by atoms with Gasteiger partial charge in [0.25, 0.3) is 0 Å². The summed E-state index contributed by atoms with van der Waals surface area (Å²) < 4.78 is 24.6. The fourth-order valence-electron chi connectivity index (χ4n) is 3.08. The van der Waals surface area contributed by atoms with Crippen molar-refractivity contribution in [3.63, 3.8) is 0 Å². The molecule has 0 aromatic heterocycles. The van der Waals surface area contributed by atoms with Crippen LogP contribution in [0, 0.1) is 11.3 Å². The van der Waals surface area contributed by atoms with E-state index < -0.39 is 10.0 Å². The largest absolute Gasteiger partial charge is 0.313 e. The van der Waals surface area contributed by atoms with Gasteiger partial charge in [-0.05, 0) is 30.6 Å². The molecule has 0 aliphatic heterocycles. The van der Waals surface area contributed by atoms with Gasteiger partial charge in [0.15, 0.2) is 0 Å². The van der Waals surface area contributed by atoms with Gasteiger partial charge in [-0.25, -0.2) is 12.7 Å². The van der Waals surface area contributed by atoms with Crippen molar-refractivity contribution in [1.29, 1.82) is 0 Å². The Labute approximate surface area is 112 Å². The van der Waals surface area contributed by atoms with Gasteiger partial charge in [-0.15, -0.1) is 0 Å². The molecule has 0 bridgehead atoms. The minimum atomic E-state index is -3.07. The molecule has 0 aromatic rings. The van der Waals surface area contributed by atoms with Crippen LogP contribution in [0.15, 0.2) is 0 Å². The van der Waals surface area contributed by atoms with Gasteiger partial charge >= 0.3 is 0 Å². The van der Waals surface area contributed by atoms with Crippen molar-refractivity contribution >= 4 is 10.0 Å². The van der Waals surface area contributed by atoms with Crippen molar-refractivity contribution in [3.05, 3.63) is 0 Å². The van der Waals surface area contributed by atoms with Crippen LogP contribution in [0.3, 0.4) is 0 Å². The first-order valence-electron chi connectivity index (χ1n) is 6.76. The molecule has 1 fully saturated rings. The van der Waals surface area contributed by atoms with Gasteiger partial charge in [-0.3, -0.25) is 0 Å². The van der Waals surface area contributed by atoms with Crippen LogP contribution in [0.2, 0.25) is 0 Å². The van der Waals surface area contributed by atoms with Gasteiger partial charge in [-0.2, -0.15) is 0 Å². The second-order valence-electron chi connectivity index (χ2n) is 6.66. The average Bonchev–Trinajstić information content (AvgIpc) is 2.13. The van der Waals surface area contributed by atoms with Gasteiger partial charge in [0.2, 0.25) is 10.0 Å². The summed E-state index contributed by atoms with van der Waals surface area (Å²) in [6, 6.07) is 0.459. The zero-order valence-corrected chi connectivity index (χ0v) is 13.2. The molecule has 0 amide bonds. The quantitative estimate of drug-likeness (QED) is 0.831. The van der Waals surface area contributed by atoms with E-state index in [0.717, 1.165) is 18.8 Å². The highest BCUT2D eigenvalue weighted by molar-refractivity contribution is 7.89. The topological polar surface area (TPSA) is 49.4 Å². The summed E-state index contributed by atoms with van der Waals surface area (Å²) in [6.07, 6.45) is 3.56. The zero-order chi connectivity index (χ0) is 14.0. The summed E-state index contributed by atoms with van der Waals surface area (Å²) in [4.78, 5) is 0. The van der Waals surface area contributed by atoms with Gasteiger partial charge in [0, 0.05) is 26.7 Å². The van der Waals surface area contributed by atoms with E-state index >= 15 is 0 Å². The Morgan fingerprint density at radius 1 is 1.28 bits per heavy atom. The number of nitrogens with one attached hydrogen (secondary N) is 1. The molecule has 1 saturated carbocycles. The van der Waals surface area contributed by atoms with Crippen LogP contribution in [0.4, 0.5) is 0 Å². The molecular formula is C13H28N2O2S. The molecule has 108 valence electrons. The molecule has 0 saturated heterocycles. The molecule has 0 aromatic carbocycles. The Bertz CT molecular complexity index is 363. The fourth-order valence-corrected chi connectivity index (χ4v) is 3.82. The Hall–Kier alpha value is -0.130. The molecule has 0 spiro atoms. The summed E-state index contributed by atoms with van der Waals surface area (Å²) in [5.74, 6) is 0.905. The Kier molecular flexibility index (Phi) is 5.21. The van der Waals surface area contributed by atoms with Crippen molar-refractivity contribution in [2.45, 2.75) is 46.1 Å². The standard InChI is InChI=1S/C13H28N2O2S/c1-11-8-12(10-13(2,3)9-11)14-6-7-18(16,17)15(4)5/h11-12,14H,6-10H2,1-5H3. The normalized spacial score (nSPS) is 28.6. The summed E-state index contributed by atoms with van der Waals surface area (Å²) >= 11 is 0. The van der Waals surface area contributed by atoms with Crippen molar-refractivity contribution in [2.24, 2.45) is 11.3 Å². The highest BCUT2D eigenvalue weighted by atomic mass is 32.2. The molecule has 4 nitrogen and oxygen atoms in total. The molecule has 1 N–H and O–H groups in total. The highest BCUT2D eigenvalue weighted by Gasteiger charge is 2.31. The van der Waals surface area contributed by atoms with Crippen molar-refractivity contribution in [2.75, 3.05) is 26.4 Å². The SMILES string of the molecule is CC1CC(NCCS(=O)(=O)N(C)C)CC(C)(C)C1. The molecule has 5 heteroatoms. The number of nitrogens with zero attached hydrogens (tertiary/aromatic N) is 1.